The smallest absolute Gasteiger partial charge is 0.450 e. The van der Waals surface area contributed by atoms with Crippen molar-refractivity contribution in [3.63, 3.8) is 0 Å². The predicted molar refractivity (Wildman–Crippen MR) is 133 cm³/mol. The Kier molecular flexibility index (Phi) is 36.5. The minimum Gasteiger partial charge on any atom is -0.450 e. The normalized spacial score (nSPS) is 13.4. The van der Waals surface area contributed by atoms with Gasteiger partial charge in [0.25, 0.3) is 0 Å². The molecule has 0 bridgehead atoms. The van der Waals surface area contributed by atoms with E-state index in [4.69, 9.17) is 40.5 Å². The highest BCUT2D eigenvalue weighted by Crippen LogP contribution is 2.20. The molecule has 4 unspecified atom stereocenters. The SMILES string of the molecule is CCCC(C)CC(C)CCCOO.CCCC(C)CC(C)CCCOO.O=C(O)O.O=C(O)O. The van der Waals surface area contributed by atoms with Crippen LogP contribution in [0.3, 0.4) is 0 Å². The average molecular weight is 501 g/mol. The molecule has 10 heteroatoms. The first-order chi connectivity index (χ1) is 15.9. The van der Waals surface area contributed by atoms with Gasteiger partial charge in [0.05, 0.1) is 13.2 Å². The Labute approximate surface area is 205 Å². The van der Waals surface area contributed by atoms with E-state index in [1.807, 2.05) is 0 Å². The van der Waals surface area contributed by atoms with Gasteiger partial charge in [-0.2, -0.15) is 0 Å². The first-order valence-corrected chi connectivity index (χ1v) is 12.2. The molecule has 0 aliphatic rings. The van der Waals surface area contributed by atoms with Crippen LogP contribution in [0.2, 0.25) is 0 Å². The van der Waals surface area contributed by atoms with Crippen molar-refractivity contribution < 1.29 is 50.3 Å². The van der Waals surface area contributed by atoms with E-state index in [0.717, 1.165) is 49.4 Å². The Balaban J connectivity index is -0.000000201. The minimum absolute atomic E-state index is 0.479. The van der Waals surface area contributed by atoms with Crippen molar-refractivity contribution in [3.05, 3.63) is 0 Å². The van der Waals surface area contributed by atoms with Crippen LogP contribution in [0.25, 0.3) is 0 Å². The quantitative estimate of drug-likeness (QED) is 0.0694. The number of hydrogen-bond acceptors (Lipinski definition) is 6. The second kappa shape index (κ2) is 31.4. The van der Waals surface area contributed by atoms with E-state index in [1.54, 1.807) is 0 Å². The third-order valence-corrected chi connectivity index (χ3v) is 5.04. The van der Waals surface area contributed by atoms with Crippen molar-refractivity contribution in [3.8, 4) is 0 Å². The van der Waals surface area contributed by atoms with E-state index in [9.17, 15) is 0 Å². The van der Waals surface area contributed by atoms with Gasteiger partial charge in [-0.05, 0) is 62.2 Å². The van der Waals surface area contributed by atoms with E-state index in [0.29, 0.717) is 13.2 Å². The van der Waals surface area contributed by atoms with Gasteiger partial charge in [0.15, 0.2) is 0 Å². The van der Waals surface area contributed by atoms with Crippen LogP contribution < -0.4 is 0 Å². The molecule has 0 aromatic rings. The summed E-state index contributed by atoms with van der Waals surface area (Å²) in [6.45, 7) is 14.6. The largest absolute Gasteiger partial charge is 0.503 e. The van der Waals surface area contributed by atoms with E-state index in [-0.39, 0.29) is 0 Å². The van der Waals surface area contributed by atoms with Crippen LogP contribution in [0.5, 0.6) is 0 Å². The molecular formula is C24H52O10. The third kappa shape index (κ3) is 52.4. The lowest BCUT2D eigenvalue weighted by atomic mass is 9.91. The molecule has 10 nitrogen and oxygen atoms in total. The van der Waals surface area contributed by atoms with Crippen molar-refractivity contribution >= 4 is 12.3 Å². The number of carboxylic acid groups (broad SMARTS) is 4. The van der Waals surface area contributed by atoms with Crippen LogP contribution in [0.15, 0.2) is 0 Å². The van der Waals surface area contributed by atoms with E-state index in [2.05, 4.69) is 51.3 Å². The summed E-state index contributed by atoms with van der Waals surface area (Å²) in [4.78, 5) is 25.2. The number of rotatable bonds is 16. The Hall–Kier alpha value is -1.62. The summed E-state index contributed by atoms with van der Waals surface area (Å²) in [5.41, 5.74) is 0. The van der Waals surface area contributed by atoms with Crippen LogP contribution in [0.4, 0.5) is 9.59 Å². The maximum absolute atomic E-state index is 8.56. The first-order valence-electron chi connectivity index (χ1n) is 12.2. The van der Waals surface area contributed by atoms with Gasteiger partial charge in [0.2, 0.25) is 0 Å². The Morgan fingerprint density at radius 1 is 0.588 bits per heavy atom. The zero-order chi connectivity index (χ0) is 27.4. The molecule has 0 aromatic carbocycles. The van der Waals surface area contributed by atoms with Crippen LogP contribution in [-0.4, -0.2) is 56.5 Å². The molecule has 0 aliphatic carbocycles. The van der Waals surface area contributed by atoms with E-state index in [1.165, 1.54) is 38.5 Å². The van der Waals surface area contributed by atoms with E-state index >= 15 is 0 Å². The molecule has 34 heavy (non-hydrogen) atoms. The zero-order valence-corrected chi connectivity index (χ0v) is 22.1. The topological polar surface area (TPSA) is 174 Å². The highest BCUT2D eigenvalue weighted by atomic mass is 17.1. The molecule has 0 aliphatic heterocycles. The second-order valence-corrected chi connectivity index (χ2v) is 8.99. The molecule has 0 saturated heterocycles. The van der Waals surface area contributed by atoms with Crippen LogP contribution in [0, 0.1) is 23.7 Å². The maximum Gasteiger partial charge on any atom is 0.503 e. The van der Waals surface area contributed by atoms with Gasteiger partial charge in [-0.3, -0.25) is 10.5 Å². The standard InChI is InChI=1S/2C11H24O2.2CH2O3/c2*1-4-6-10(2)9-11(3)7-5-8-13-12;2*2-1(3)4/h2*10-12H,4-9H2,1-3H3;2*(H2,2,3,4). The van der Waals surface area contributed by atoms with Crippen LogP contribution in [0.1, 0.15) is 106 Å². The van der Waals surface area contributed by atoms with Crippen molar-refractivity contribution in [1.29, 1.82) is 0 Å². The predicted octanol–water partition coefficient (Wildman–Crippen LogP) is 7.88. The Morgan fingerprint density at radius 2 is 0.824 bits per heavy atom. The number of hydrogen-bond donors (Lipinski definition) is 6. The maximum atomic E-state index is 8.56. The van der Waals surface area contributed by atoms with Gasteiger partial charge in [-0.25, -0.2) is 19.4 Å². The lowest BCUT2D eigenvalue weighted by Crippen LogP contribution is -2.04. The highest BCUT2D eigenvalue weighted by Gasteiger charge is 2.08. The van der Waals surface area contributed by atoms with Crippen molar-refractivity contribution in [2.45, 2.75) is 106 Å². The van der Waals surface area contributed by atoms with Crippen molar-refractivity contribution in [2.75, 3.05) is 13.2 Å². The molecule has 0 heterocycles. The van der Waals surface area contributed by atoms with Crippen molar-refractivity contribution in [2.24, 2.45) is 23.7 Å². The van der Waals surface area contributed by atoms with Crippen LogP contribution in [-0.2, 0) is 9.78 Å². The summed E-state index contributed by atoms with van der Waals surface area (Å²) in [5.74, 6) is 3.21. The molecule has 0 fully saturated rings. The fourth-order valence-electron chi connectivity index (χ4n) is 3.82. The third-order valence-electron chi connectivity index (χ3n) is 5.04. The zero-order valence-electron chi connectivity index (χ0n) is 22.1. The molecule has 208 valence electrons. The lowest BCUT2D eigenvalue weighted by Gasteiger charge is -2.16. The van der Waals surface area contributed by atoms with Gasteiger partial charge in [-0.15, -0.1) is 0 Å². The molecular weight excluding hydrogens is 448 g/mol. The fourth-order valence-corrected chi connectivity index (χ4v) is 3.82. The van der Waals surface area contributed by atoms with Gasteiger partial charge in [0, 0.05) is 0 Å². The molecule has 0 spiro atoms. The summed E-state index contributed by atoms with van der Waals surface area (Å²) in [6.07, 6.45) is 8.44. The van der Waals surface area contributed by atoms with Gasteiger partial charge in [0.1, 0.15) is 0 Å². The van der Waals surface area contributed by atoms with E-state index < -0.39 is 12.3 Å². The Bertz CT molecular complexity index is 375. The van der Waals surface area contributed by atoms with Gasteiger partial charge in [-0.1, -0.05) is 67.2 Å². The molecule has 0 saturated carbocycles. The molecule has 6 N–H and O–H groups in total. The average Bonchev–Trinajstić information content (AvgIpc) is 2.68. The summed E-state index contributed by atoms with van der Waals surface area (Å²) in [6, 6.07) is 0. The molecule has 0 amide bonds. The van der Waals surface area contributed by atoms with Crippen LogP contribution >= 0.6 is 0 Å². The first kappa shape index (κ1) is 39.6. The molecule has 4 atom stereocenters. The molecule has 0 rings (SSSR count). The van der Waals surface area contributed by atoms with Crippen molar-refractivity contribution in [1.82, 2.24) is 0 Å². The summed E-state index contributed by atoms with van der Waals surface area (Å²) < 4.78 is 0. The Morgan fingerprint density at radius 3 is 1.03 bits per heavy atom. The molecule has 0 radical (unpaired) electrons. The fraction of sp³-hybridized carbons (Fsp3) is 0.917. The second-order valence-electron chi connectivity index (χ2n) is 8.99. The lowest BCUT2D eigenvalue weighted by molar-refractivity contribution is -0.243. The summed E-state index contributed by atoms with van der Waals surface area (Å²) in [7, 11) is 0. The highest BCUT2D eigenvalue weighted by molar-refractivity contribution is 5.53. The molecule has 0 aromatic heterocycles. The monoisotopic (exact) mass is 500 g/mol. The van der Waals surface area contributed by atoms with Gasteiger partial charge >= 0.3 is 12.3 Å². The minimum atomic E-state index is -1.83. The summed E-state index contributed by atoms with van der Waals surface area (Å²) >= 11 is 0. The summed E-state index contributed by atoms with van der Waals surface area (Å²) in [5, 5.41) is 44.2. The van der Waals surface area contributed by atoms with Gasteiger partial charge < -0.3 is 20.4 Å². The number of carbonyl (C=O) groups is 2.